The molecule has 0 N–H and O–H groups in total. The third-order valence-corrected chi connectivity index (χ3v) is 4.27. The van der Waals surface area contributed by atoms with Crippen molar-refractivity contribution in [1.82, 2.24) is 0 Å². The van der Waals surface area contributed by atoms with Crippen LogP contribution in [0.15, 0.2) is 0 Å². The molecule has 1 aliphatic rings. The molecule has 0 aromatic rings. The summed E-state index contributed by atoms with van der Waals surface area (Å²) in [5.74, 6) is 0.461. The van der Waals surface area contributed by atoms with E-state index in [0.717, 1.165) is 44.4 Å². The SMILES string of the molecule is COC(=O)C1CCC(C(=O)OCCCCCC(C)C)CC1. The van der Waals surface area contributed by atoms with E-state index in [1.807, 2.05) is 0 Å². The van der Waals surface area contributed by atoms with Gasteiger partial charge in [0.25, 0.3) is 0 Å². The maximum absolute atomic E-state index is 11.9. The van der Waals surface area contributed by atoms with Crippen LogP contribution in [0.4, 0.5) is 0 Å². The third kappa shape index (κ3) is 6.96. The summed E-state index contributed by atoms with van der Waals surface area (Å²) < 4.78 is 10.1. The van der Waals surface area contributed by atoms with E-state index in [1.165, 1.54) is 20.0 Å². The van der Waals surface area contributed by atoms with E-state index in [2.05, 4.69) is 13.8 Å². The van der Waals surface area contributed by atoms with Crippen molar-refractivity contribution in [3.05, 3.63) is 0 Å². The second-order valence-electron chi connectivity index (χ2n) is 6.48. The molecule has 0 spiro atoms. The van der Waals surface area contributed by atoms with Crippen LogP contribution in [0.1, 0.15) is 65.2 Å². The summed E-state index contributed by atoms with van der Waals surface area (Å²) in [6, 6.07) is 0. The highest BCUT2D eigenvalue weighted by Crippen LogP contribution is 2.30. The van der Waals surface area contributed by atoms with Gasteiger partial charge < -0.3 is 9.47 Å². The van der Waals surface area contributed by atoms with Crippen molar-refractivity contribution in [2.24, 2.45) is 17.8 Å². The zero-order valence-electron chi connectivity index (χ0n) is 13.7. The number of carbonyl (C=O) groups is 2. The minimum atomic E-state index is -0.146. The first-order valence-electron chi connectivity index (χ1n) is 8.29. The first-order valence-corrected chi connectivity index (χ1v) is 8.29. The first-order chi connectivity index (χ1) is 10.0. The maximum Gasteiger partial charge on any atom is 0.308 e. The summed E-state index contributed by atoms with van der Waals surface area (Å²) in [6.45, 7) is 4.99. The molecule has 21 heavy (non-hydrogen) atoms. The van der Waals surface area contributed by atoms with Crippen LogP contribution >= 0.6 is 0 Å². The lowest BCUT2D eigenvalue weighted by atomic mass is 9.82. The highest BCUT2D eigenvalue weighted by atomic mass is 16.5. The summed E-state index contributed by atoms with van der Waals surface area (Å²) in [5, 5.41) is 0. The van der Waals surface area contributed by atoms with Crippen molar-refractivity contribution in [2.75, 3.05) is 13.7 Å². The Morgan fingerprint density at radius 3 is 2.05 bits per heavy atom. The van der Waals surface area contributed by atoms with Crippen LogP contribution in [-0.2, 0) is 19.1 Å². The molecule has 1 aliphatic carbocycles. The lowest BCUT2D eigenvalue weighted by Gasteiger charge is -2.25. The predicted molar refractivity (Wildman–Crippen MR) is 81.7 cm³/mol. The number of ether oxygens (including phenoxy) is 2. The van der Waals surface area contributed by atoms with Gasteiger partial charge in [0.2, 0.25) is 0 Å². The summed E-state index contributed by atoms with van der Waals surface area (Å²) >= 11 is 0. The molecule has 1 saturated carbocycles. The second kappa shape index (κ2) is 9.80. The van der Waals surface area contributed by atoms with Crippen LogP contribution in [-0.4, -0.2) is 25.7 Å². The molecule has 122 valence electrons. The van der Waals surface area contributed by atoms with Gasteiger partial charge in [0.05, 0.1) is 25.6 Å². The average Bonchev–Trinajstić information content (AvgIpc) is 2.49. The van der Waals surface area contributed by atoms with Gasteiger partial charge in [-0.15, -0.1) is 0 Å². The van der Waals surface area contributed by atoms with Gasteiger partial charge in [-0.3, -0.25) is 9.59 Å². The molecule has 0 aromatic heterocycles. The Morgan fingerprint density at radius 2 is 1.52 bits per heavy atom. The zero-order chi connectivity index (χ0) is 15.7. The topological polar surface area (TPSA) is 52.6 Å². The minimum absolute atomic E-state index is 0.0263. The summed E-state index contributed by atoms with van der Waals surface area (Å²) in [4.78, 5) is 23.4. The Bertz CT molecular complexity index is 317. The van der Waals surface area contributed by atoms with E-state index in [1.54, 1.807) is 0 Å². The molecule has 0 unspecified atom stereocenters. The quantitative estimate of drug-likeness (QED) is 0.506. The number of methoxy groups -OCH3 is 1. The van der Waals surface area contributed by atoms with E-state index < -0.39 is 0 Å². The normalized spacial score (nSPS) is 22.1. The molecule has 0 amide bonds. The van der Waals surface area contributed by atoms with Gasteiger partial charge in [0.15, 0.2) is 0 Å². The molecular formula is C17H30O4. The van der Waals surface area contributed by atoms with Gasteiger partial charge in [-0.25, -0.2) is 0 Å². The van der Waals surface area contributed by atoms with Crippen LogP contribution in [0.3, 0.4) is 0 Å². The predicted octanol–water partition coefficient (Wildman–Crippen LogP) is 3.73. The number of rotatable bonds is 8. The molecule has 0 heterocycles. The molecule has 0 saturated heterocycles. The Morgan fingerprint density at radius 1 is 0.952 bits per heavy atom. The van der Waals surface area contributed by atoms with Gasteiger partial charge in [-0.1, -0.05) is 33.1 Å². The molecule has 0 radical (unpaired) electrons. The standard InChI is InChI=1S/C17H30O4/c1-13(2)7-5-4-6-12-21-17(19)15-10-8-14(9-11-15)16(18)20-3/h13-15H,4-12H2,1-3H3. The lowest BCUT2D eigenvalue weighted by molar-refractivity contribution is -0.153. The second-order valence-corrected chi connectivity index (χ2v) is 6.48. The van der Waals surface area contributed by atoms with Crippen LogP contribution < -0.4 is 0 Å². The van der Waals surface area contributed by atoms with E-state index >= 15 is 0 Å². The molecule has 0 aromatic carbocycles. The van der Waals surface area contributed by atoms with Crippen molar-refractivity contribution in [3.63, 3.8) is 0 Å². The van der Waals surface area contributed by atoms with Gasteiger partial charge in [-0.05, 0) is 38.0 Å². The molecule has 4 heteroatoms. The number of hydrogen-bond donors (Lipinski definition) is 0. The van der Waals surface area contributed by atoms with Crippen molar-refractivity contribution in [3.8, 4) is 0 Å². The summed E-state index contributed by atoms with van der Waals surface area (Å²) in [7, 11) is 1.42. The van der Waals surface area contributed by atoms with E-state index in [0.29, 0.717) is 6.61 Å². The average molecular weight is 298 g/mol. The minimum Gasteiger partial charge on any atom is -0.469 e. The molecule has 0 atom stereocenters. The Kier molecular flexibility index (Phi) is 8.40. The number of unbranched alkanes of at least 4 members (excludes halogenated alkanes) is 2. The van der Waals surface area contributed by atoms with Crippen LogP contribution in [0.25, 0.3) is 0 Å². The number of hydrogen-bond acceptors (Lipinski definition) is 4. The van der Waals surface area contributed by atoms with E-state index in [4.69, 9.17) is 9.47 Å². The van der Waals surface area contributed by atoms with E-state index in [-0.39, 0.29) is 23.8 Å². The highest BCUT2D eigenvalue weighted by molar-refractivity contribution is 5.75. The first kappa shape index (κ1) is 18.0. The summed E-state index contributed by atoms with van der Waals surface area (Å²) in [5.41, 5.74) is 0. The fourth-order valence-electron chi connectivity index (χ4n) is 2.85. The van der Waals surface area contributed by atoms with Gasteiger partial charge in [0, 0.05) is 0 Å². The van der Waals surface area contributed by atoms with Crippen LogP contribution in [0, 0.1) is 17.8 Å². The Labute approximate surface area is 128 Å². The molecular weight excluding hydrogens is 268 g/mol. The molecule has 1 fully saturated rings. The van der Waals surface area contributed by atoms with E-state index in [9.17, 15) is 9.59 Å². The Hall–Kier alpha value is -1.06. The largest absolute Gasteiger partial charge is 0.469 e. The third-order valence-electron chi connectivity index (χ3n) is 4.27. The molecule has 0 bridgehead atoms. The van der Waals surface area contributed by atoms with Crippen molar-refractivity contribution in [2.45, 2.75) is 65.2 Å². The fourth-order valence-corrected chi connectivity index (χ4v) is 2.85. The fraction of sp³-hybridized carbons (Fsp3) is 0.882. The summed E-state index contributed by atoms with van der Waals surface area (Å²) in [6.07, 6.45) is 7.49. The smallest absolute Gasteiger partial charge is 0.308 e. The van der Waals surface area contributed by atoms with Crippen molar-refractivity contribution in [1.29, 1.82) is 0 Å². The Balaban J connectivity index is 2.10. The van der Waals surface area contributed by atoms with Crippen LogP contribution in [0.2, 0.25) is 0 Å². The van der Waals surface area contributed by atoms with Gasteiger partial charge >= 0.3 is 11.9 Å². The highest BCUT2D eigenvalue weighted by Gasteiger charge is 2.31. The lowest BCUT2D eigenvalue weighted by Crippen LogP contribution is -2.28. The monoisotopic (exact) mass is 298 g/mol. The van der Waals surface area contributed by atoms with Gasteiger partial charge in [-0.2, -0.15) is 0 Å². The number of carbonyl (C=O) groups excluding carboxylic acids is 2. The van der Waals surface area contributed by atoms with Crippen molar-refractivity contribution >= 4 is 11.9 Å². The zero-order valence-corrected chi connectivity index (χ0v) is 13.7. The van der Waals surface area contributed by atoms with Crippen molar-refractivity contribution < 1.29 is 19.1 Å². The number of esters is 2. The maximum atomic E-state index is 11.9. The molecule has 1 rings (SSSR count). The van der Waals surface area contributed by atoms with Gasteiger partial charge in [0.1, 0.15) is 0 Å². The molecule has 0 aliphatic heterocycles. The molecule has 4 nitrogen and oxygen atoms in total. The van der Waals surface area contributed by atoms with Crippen LogP contribution in [0.5, 0.6) is 0 Å².